The smallest absolute Gasteiger partial charge is 0.175 e. The van der Waals surface area contributed by atoms with Crippen molar-refractivity contribution in [2.24, 2.45) is 5.73 Å². The number of hydrogen-bond donors (Lipinski definition) is 3. The van der Waals surface area contributed by atoms with Gasteiger partial charge < -0.3 is 15.8 Å². The third-order valence-electron chi connectivity index (χ3n) is 2.92. The van der Waals surface area contributed by atoms with E-state index >= 15 is 0 Å². The van der Waals surface area contributed by atoms with Crippen LogP contribution < -0.4 is 5.73 Å². The van der Waals surface area contributed by atoms with Crippen LogP contribution in [-0.4, -0.2) is 41.9 Å². The zero-order valence-electron chi connectivity index (χ0n) is 10.8. The minimum absolute atomic E-state index is 0.124. The van der Waals surface area contributed by atoms with Crippen molar-refractivity contribution in [3.8, 4) is 0 Å². The summed E-state index contributed by atoms with van der Waals surface area (Å²) in [5.41, 5.74) is 5.72. The van der Waals surface area contributed by atoms with Crippen LogP contribution in [0.15, 0.2) is 23.1 Å². The second kappa shape index (κ2) is 4.59. The number of hydrogen-bond acceptors (Lipinski definition) is 5. The summed E-state index contributed by atoms with van der Waals surface area (Å²) in [6.45, 7) is 1.75. The van der Waals surface area contributed by atoms with Crippen molar-refractivity contribution in [3.63, 3.8) is 0 Å². The van der Waals surface area contributed by atoms with E-state index in [-0.39, 0.29) is 17.9 Å². The lowest BCUT2D eigenvalue weighted by Crippen LogP contribution is -2.36. The predicted molar refractivity (Wildman–Crippen MR) is 72.6 cm³/mol. The first kappa shape index (κ1) is 14.0. The van der Waals surface area contributed by atoms with Gasteiger partial charge in [-0.2, -0.15) is 0 Å². The molecule has 0 saturated heterocycles. The molecular formula is C12H17N3O3S. The van der Waals surface area contributed by atoms with Crippen LogP contribution in [-0.2, 0) is 16.3 Å². The van der Waals surface area contributed by atoms with Crippen LogP contribution in [0.5, 0.6) is 0 Å². The second-order valence-corrected chi connectivity index (χ2v) is 7.03. The maximum atomic E-state index is 11.5. The van der Waals surface area contributed by atoms with E-state index in [1.807, 2.05) is 0 Å². The Bertz CT molecular complexity index is 704. The zero-order valence-corrected chi connectivity index (χ0v) is 11.7. The minimum atomic E-state index is -3.24. The second-order valence-electron chi connectivity index (χ2n) is 5.01. The number of imidazole rings is 1. The van der Waals surface area contributed by atoms with Gasteiger partial charge in [-0.1, -0.05) is 0 Å². The minimum Gasteiger partial charge on any atom is -0.388 e. The van der Waals surface area contributed by atoms with Crippen LogP contribution in [0.2, 0.25) is 0 Å². The van der Waals surface area contributed by atoms with Gasteiger partial charge in [0.1, 0.15) is 5.82 Å². The standard InChI is InChI=1S/C12H17N3O3S/c1-12(16,7-13)6-11-14-9-4-3-8(19(2,17)18)5-10(9)15-11/h3-5,16H,6-7,13H2,1-2H3,(H,14,15). The Balaban J connectivity index is 2.42. The molecule has 0 amide bonds. The highest BCUT2D eigenvalue weighted by Gasteiger charge is 2.21. The highest BCUT2D eigenvalue weighted by atomic mass is 32.2. The average molecular weight is 283 g/mol. The van der Waals surface area contributed by atoms with Crippen molar-refractivity contribution in [3.05, 3.63) is 24.0 Å². The molecule has 7 heteroatoms. The number of rotatable bonds is 4. The van der Waals surface area contributed by atoms with Gasteiger partial charge in [0.2, 0.25) is 0 Å². The summed E-state index contributed by atoms with van der Waals surface area (Å²) in [5.74, 6) is 0.580. The number of fused-ring (bicyclic) bond motifs is 1. The lowest BCUT2D eigenvalue weighted by molar-refractivity contribution is 0.0678. The summed E-state index contributed by atoms with van der Waals surface area (Å²) in [6.07, 6.45) is 1.44. The molecular weight excluding hydrogens is 266 g/mol. The molecule has 0 saturated carbocycles. The molecule has 1 atom stereocenters. The number of benzene rings is 1. The number of nitrogens with one attached hydrogen (secondary N) is 1. The Labute approximate surface area is 111 Å². The molecule has 1 aromatic carbocycles. The average Bonchev–Trinajstić information content (AvgIpc) is 2.67. The first-order chi connectivity index (χ1) is 8.71. The lowest BCUT2D eigenvalue weighted by Gasteiger charge is -2.18. The molecule has 0 radical (unpaired) electrons. The first-order valence-electron chi connectivity index (χ1n) is 5.82. The maximum absolute atomic E-state index is 11.5. The number of nitrogens with two attached hydrogens (primary N) is 1. The van der Waals surface area contributed by atoms with E-state index in [1.165, 1.54) is 6.07 Å². The molecule has 2 rings (SSSR count). The van der Waals surface area contributed by atoms with Gasteiger partial charge >= 0.3 is 0 Å². The van der Waals surface area contributed by atoms with E-state index in [9.17, 15) is 13.5 Å². The SMILES string of the molecule is CC(O)(CN)Cc1nc2ccc(S(C)(=O)=O)cc2[nH]1. The molecule has 0 spiro atoms. The Morgan fingerprint density at radius 2 is 2.16 bits per heavy atom. The summed E-state index contributed by atoms with van der Waals surface area (Å²) in [7, 11) is -3.24. The predicted octanol–water partition coefficient (Wildman–Crippen LogP) is 0.219. The van der Waals surface area contributed by atoms with Gasteiger partial charge in [-0.25, -0.2) is 13.4 Å². The molecule has 19 heavy (non-hydrogen) atoms. The summed E-state index contributed by atoms with van der Waals surface area (Å²) in [4.78, 5) is 7.55. The molecule has 0 aliphatic heterocycles. The molecule has 0 fully saturated rings. The quantitative estimate of drug-likeness (QED) is 0.743. The maximum Gasteiger partial charge on any atom is 0.175 e. The van der Waals surface area contributed by atoms with E-state index in [2.05, 4.69) is 9.97 Å². The van der Waals surface area contributed by atoms with Gasteiger partial charge in [-0.15, -0.1) is 0 Å². The fraction of sp³-hybridized carbons (Fsp3) is 0.417. The molecule has 1 heterocycles. The molecule has 1 unspecified atom stereocenters. The highest BCUT2D eigenvalue weighted by molar-refractivity contribution is 7.90. The van der Waals surface area contributed by atoms with E-state index in [0.29, 0.717) is 16.9 Å². The molecule has 0 bridgehead atoms. The third kappa shape index (κ3) is 3.12. The number of sulfone groups is 1. The van der Waals surface area contributed by atoms with E-state index in [1.54, 1.807) is 19.1 Å². The molecule has 2 aromatic rings. The van der Waals surface area contributed by atoms with Crippen molar-refractivity contribution in [2.75, 3.05) is 12.8 Å². The van der Waals surface area contributed by atoms with Crippen molar-refractivity contribution in [1.82, 2.24) is 9.97 Å². The lowest BCUT2D eigenvalue weighted by atomic mass is 10.0. The van der Waals surface area contributed by atoms with Crippen LogP contribution in [0.3, 0.4) is 0 Å². The fourth-order valence-corrected chi connectivity index (χ4v) is 2.44. The van der Waals surface area contributed by atoms with Crippen LogP contribution in [0.25, 0.3) is 11.0 Å². The monoisotopic (exact) mass is 283 g/mol. The van der Waals surface area contributed by atoms with Crippen LogP contribution in [0.1, 0.15) is 12.7 Å². The number of H-pyrrole nitrogens is 1. The van der Waals surface area contributed by atoms with E-state index in [4.69, 9.17) is 5.73 Å². The Morgan fingerprint density at radius 1 is 1.47 bits per heavy atom. The van der Waals surface area contributed by atoms with Crippen molar-refractivity contribution in [2.45, 2.75) is 23.8 Å². The summed E-state index contributed by atoms with van der Waals surface area (Å²) >= 11 is 0. The molecule has 6 nitrogen and oxygen atoms in total. The topological polar surface area (TPSA) is 109 Å². The normalized spacial score (nSPS) is 15.6. The summed E-state index contributed by atoms with van der Waals surface area (Å²) < 4.78 is 22.9. The van der Waals surface area contributed by atoms with E-state index in [0.717, 1.165) is 6.26 Å². The Hall–Kier alpha value is -1.44. The Kier molecular flexibility index (Phi) is 3.38. The molecule has 0 aliphatic carbocycles. The Morgan fingerprint density at radius 3 is 2.74 bits per heavy atom. The summed E-state index contributed by atoms with van der Waals surface area (Å²) in [6, 6.07) is 4.70. The van der Waals surface area contributed by atoms with Crippen molar-refractivity contribution < 1.29 is 13.5 Å². The van der Waals surface area contributed by atoms with Gasteiger partial charge in [0.15, 0.2) is 9.84 Å². The fourth-order valence-electron chi connectivity index (χ4n) is 1.79. The number of aromatic nitrogens is 2. The molecule has 104 valence electrons. The highest BCUT2D eigenvalue weighted by Crippen LogP contribution is 2.19. The van der Waals surface area contributed by atoms with Crippen molar-refractivity contribution in [1.29, 1.82) is 0 Å². The summed E-state index contributed by atoms with van der Waals surface area (Å²) in [5, 5.41) is 9.90. The van der Waals surface area contributed by atoms with Crippen LogP contribution >= 0.6 is 0 Å². The number of aliphatic hydroxyl groups is 1. The van der Waals surface area contributed by atoms with Crippen molar-refractivity contribution >= 4 is 20.9 Å². The van der Waals surface area contributed by atoms with Gasteiger partial charge in [-0.3, -0.25) is 0 Å². The van der Waals surface area contributed by atoms with Crippen LogP contribution in [0.4, 0.5) is 0 Å². The molecule has 4 N–H and O–H groups in total. The molecule has 0 aliphatic rings. The van der Waals surface area contributed by atoms with Gasteiger partial charge in [-0.05, 0) is 25.1 Å². The number of nitrogens with zero attached hydrogens (tertiary/aromatic N) is 1. The zero-order chi connectivity index (χ0) is 14.3. The third-order valence-corrected chi connectivity index (χ3v) is 4.03. The van der Waals surface area contributed by atoms with E-state index < -0.39 is 15.4 Å². The first-order valence-corrected chi connectivity index (χ1v) is 7.71. The van der Waals surface area contributed by atoms with Gasteiger partial charge in [0.25, 0.3) is 0 Å². The van der Waals surface area contributed by atoms with Gasteiger partial charge in [0.05, 0.1) is 21.5 Å². The van der Waals surface area contributed by atoms with Crippen LogP contribution in [0, 0.1) is 0 Å². The largest absolute Gasteiger partial charge is 0.388 e. The number of aromatic amines is 1. The molecule has 1 aromatic heterocycles. The van der Waals surface area contributed by atoms with Gasteiger partial charge in [0, 0.05) is 19.2 Å².